The van der Waals surface area contributed by atoms with Crippen LogP contribution in [0.5, 0.6) is 0 Å². The van der Waals surface area contributed by atoms with Crippen LogP contribution in [0.1, 0.15) is 5.82 Å². The Balaban J connectivity index is 2.30. The summed E-state index contributed by atoms with van der Waals surface area (Å²) in [6.07, 6.45) is 5.13. The van der Waals surface area contributed by atoms with Crippen molar-refractivity contribution in [3.8, 4) is 0 Å². The topological polar surface area (TPSA) is 50.1 Å². The van der Waals surface area contributed by atoms with E-state index in [-0.39, 0.29) is 6.10 Å². The van der Waals surface area contributed by atoms with Crippen molar-refractivity contribution in [2.24, 2.45) is 7.05 Å². The summed E-state index contributed by atoms with van der Waals surface area (Å²) in [7, 11) is 1.95. The van der Waals surface area contributed by atoms with Gasteiger partial charge in [-0.1, -0.05) is 0 Å². The fourth-order valence-corrected chi connectivity index (χ4v) is 1.53. The molecule has 0 bridgehead atoms. The Kier molecular flexibility index (Phi) is 2.16. The third-order valence-electron chi connectivity index (χ3n) is 2.17. The second-order valence-electron chi connectivity index (χ2n) is 3.25. The number of imidazole rings is 1. The molecule has 4 heteroatoms. The van der Waals surface area contributed by atoms with Crippen molar-refractivity contribution in [2.75, 3.05) is 13.1 Å². The minimum absolute atomic E-state index is 0.388. The number of β-amino-alcohol motifs (C(OH)–C–C–N with tert-alkyl or cyclic N) is 1. The van der Waals surface area contributed by atoms with Gasteiger partial charge in [-0.25, -0.2) is 4.98 Å². The molecule has 1 aliphatic rings. The molecule has 0 aliphatic carbocycles. The first-order valence-electron chi connectivity index (χ1n) is 4.34. The molecule has 0 amide bonds. The van der Waals surface area contributed by atoms with E-state index in [2.05, 4.69) is 10.3 Å². The SMILES string of the molecule is Cn1ccnc1C1=CC(O)CNC1. The van der Waals surface area contributed by atoms with E-state index in [1.165, 1.54) is 0 Å². The van der Waals surface area contributed by atoms with E-state index in [9.17, 15) is 5.11 Å². The predicted molar refractivity (Wildman–Crippen MR) is 50.1 cm³/mol. The first-order chi connectivity index (χ1) is 6.27. The van der Waals surface area contributed by atoms with Crippen LogP contribution in [-0.4, -0.2) is 33.9 Å². The third kappa shape index (κ3) is 1.64. The Morgan fingerprint density at radius 1 is 1.69 bits per heavy atom. The molecule has 1 unspecified atom stereocenters. The van der Waals surface area contributed by atoms with Crippen molar-refractivity contribution in [3.63, 3.8) is 0 Å². The second-order valence-corrected chi connectivity index (χ2v) is 3.25. The molecule has 2 heterocycles. The van der Waals surface area contributed by atoms with Gasteiger partial charge in [0.25, 0.3) is 0 Å². The van der Waals surface area contributed by atoms with E-state index in [0.29, 0.717) is 6.54 Å². The maximum atomic E-state index is 9.39. The molecule has 0 spiro atoms. The highest BCUT2D eigenvalue weighted by Gasteiger charge is 2.13. The first-order valence-corrected chi connectivity index (χ1v) is 4.34. The van der Waals surface area contributed by atoms with Gasteiger partial charge in [-0.2, -0.15) is 0 Å². The highest BCUT2D eigenvalue weighted by Crippen LogP contribution is 2.13. The molecule has 1 aromatic heterocycles. The summed E-state index contributed by atoms with van der Waals surface area (Å²) in [5.74, 6) is 0.922. The summed E-state index contributed by atoms with van der Waals surface area (Å²) in [5, 5.41) is 12.5. The number of nitrogens with zero attached hydrogens (tertiary/aromatic N) is 2. The maximum Gasteiger partial charge on any atom is 0.136 e. The molecule has 70 valence electrons. The molecular weight excluding hydrogens is 166 g/mol. The molecule has 1 aromatic rings. The van der Waals surface area contributed by atoms with Crippen LogP contribution >= 0.6 is 0 Å². The van der Waals surface area contributed by atoms with Gasteiger partial charge in [0.1, 0.15) is 5.82 Å². The number of nitrogens with one attached hydrogen (secondary N) is 1. The van der Waals surface area contributed by atoms with Crippen LogP contribution in [0.2, 0.25) is 0 Å². The Bertz CT molecular complexity index is 329. The molecule has 13 heavy (non-hydrogen) atoms. The zero-order chi connectivity index (χ0) is 9.26. The average Bonchev–Trinajstić information content (AvgIpc) is 2.51. The van der Waals surface area contributed by atoms with E-state index in [4.69, 9.17) is 0 Å². The smallest absolute Gasteiger partial charge is 0.136 e. The van der Waals surface area contributed by atoms with Crippen LogP contribution < -0.4 is 5.32 Å². The molecule has 4 nitrogen and oxygen atoms in total. The van der Waals surface area contributed by atoms with Gasteiger partial charge in [0.2, 0.25) is 0 Å². The summed E-state index contributed by atoms with van der Waals surface area (Å²) in [6, 6.07) is 0. The van der Waals surface area contributed by atoms with Crippen molar-refractivity contribution in [3.05, 3.63) is 24.3 Å². The van der Waals surface area contributed by atoms with Crippen LogP contribution in [0.25, 0.3) is 5.57 Å². The van der Waals surface area contributed by atoms with E-state index >= 15 is 0 Å². The third-order valence-corrected chi connectivity index (χ3v) is 2.17. The predicted octanol–water partition coefficient (Wildman–Crippen LogP) is -0.232. The molecule has 0 saturated carbocycles. The lowest BCUT2D eigenvalue weighted by Gasteiger charge is -2.17. The summed E-state index contributed by atoms with van der Waals surface area (Å²) in [6.45, 7) is 1.41. The van der Waals surface area contributed by atoms with Gasteiger partial charge in [-0.05, 0) is 6.08 Å². The fourth-order valence-electron chi connectivity index (χ4n) is 1.53. The highest BCUT2D eigenvalue weighted by atomic mass is 16.3. The average molecular weight is 179 g/mol. The molecule has 2 rings (SSSR count). The van der Waals surface area contributed by atoms with Gasteiger partial charge in [-0.3, -0.25) is 0 Å². The van der Waals surface area contributed by atoms with Crippen molar-refractivity contribution < 1.29 is 5.11 Å². The Labute approximate surface area is 76.9 Å². The lowest BCUT2D eigenvalue weighted by molar-refractivity contribution is 0.216. The van der Waals surface area contributed by atoms with Gasteiger partial charge in [-0.15, -0.1) is 0 Å². The van der Waals surface area contributed by atoms with Gasteiger partial charge in [0, 0.05) is 38.1 Å². The Morgan fingerprint density at radius 3 is 3.15 bits per heavy atom. The largest absolute Gasteiger partial charge is 0.388 e. The lowest BCUT2D eigenvalue weighted by atomic mass is 10.1. The molecule has 0 fully saturated rings. The minimum Gasteiger partial charge on any atom is -0.388 e. The maximum absolute atomic E-state index is 9.39. The quantitative estimate of drug-likeness (QED) is 0.626. The monoisotopic (exact) mass is 179 g/mol. The number of aromatic nitrogens is 2. The van der Waals surface area contributed by atoms with Crippen LogP contribution in [0.4, 0.5) is 0 Å². The standard InChI is InChI=1S/C9H13N3O/c1-12-3-2-11-9(12)7-4-8(13)6-10-5-7/h2-4,8,10,13H,5-6H2,1H3. The van der Waals surface area contributed by atoms with Crippen LogP contribution in [-0.2, 0) is 7.05 Å². The molecular formula is C9H13N3O. The molecule has 1 aliphatic heterocycles. The fraction of sp³-hybridized carbons (Fsp3) is 0.444. The summed E-state index contributed by atoms with van der Waals surface area (Å²) in [5.41, 5.74) is 1.06. The molecule has 0 saturated heterocycles. The summed E-state index contributed by atoms with van der Waals surface area (Å²) >= 11 is 0. The Hall–Kier alpha value is -1.13. The molecule has 2 N–H and O–H groups in total. The number of aliphatic hydroxyl groups is 1. The van der Waals surface area contributed by atoms with Crippen LogP contribution in [0.15, 0.2) is 18.5 Å². The number of hydrogen-bond donors (Lipinski definition) is 2. The highest BCUT2D eigenvalue weighted by molar-refractivity contribution is 5.63. The minimum atomic E-state index is -0.388. The first kappa shape index (κ1) is 8.47. The van der Waals surface area contributed by atoms with Crippen molar-refractivity contribution >= 4 is 5.57 Å². The van der Waals surface area contributed by atoms with E-state index in [0.717, 1.165) is 17.9 Å². The molecule has 0 aromatic carbocycles. The number of aliphatic hydroxyl groups excluding tert-OH is 1. The zero-order valence-corrected chi connectivity index (χ0v) is 7.57. The van der Waals surface area contributed by atoms with Gasteiger partial charge < -0.3 is 15.0 Å². The van der Waals surface area contributed by atoms with Gasteiger partial charge in [0.05, 0.1) is 6.10 Å². The lowest BCUT2D eigenvalue weighted by Crippen LogP contribution is -2.32. The van der Waals surface area contributed by atoms with E-state index in [1.807, 2.05) is 23.9 Å². The number of hydrogen-bond acceptors (Lipinski definition) is 3. The van der Waals surface area contributed by atoms with Gasteiger partial charge in [0.15, 0.2) is 0 Å². The Morgan fingerprint density at radius 2 is 2.54 bits per heavy atom. The van der Waals surface area contributed by atoms with E-state index < -0.39 is 0 Å². The van der Waals surface area contributed by atoms with Crippen molar-refractivity contribution in [1.82, 2.24) is 14.9 Å². The molecule has 1 atom stereocenters. The van der Waals surface area contributed by atoms with Crippen molar-refractivity contribution in [1.29, 1.82) is 0 Å². The zero-order valence-electron chi connectivity index (χ0n) is 7.57. The van der Waals surface area contributed by atoms with Crippen molar-refractivity contribution in [2.45, 2.75) is 6.10 Å². The normalized spacial score (nSPS) is 22.9. The van der Waals surface area contributed by atoms with Crippen LogP contribution in [0.3, 0.4) is 0 Å². The van der Waals surface area contributed by atoms with Gasteiger partial charge >= 0.3 is 0 Å². The van der Waals surface area contributed by atoms with Crippen LogP contribution in [0, 0.1) is 0 Å². The summed E-state index contributed by atoms with van der Waals surface area (Å²) in [4.78, 5) is 4.22. The van der Waals surface area contributed by atoms with E-state index in [1.54, 1.807) is 6.20 Å². The number of aryl methyl sites for hydroxylation is 1. The molecule has 0 radical (unpaired) electrons. The second kappa shape index (κ2) is 3.32. The summed E-state index contributed by atoms with van der Waals surface area (Å²) < 4.78 is 1.95. The number of rotatable bonds is 1.